The number of amides is 1. The van der Waals surface area contributed by atoms with Crippen LogP contribution in [0.4, 0.5) is 5.69 Å². The van der Waals surface area contributed by atoms with Gasteiger partial charge in [0.2, 0.25) is 5.91 Å². The second kappa shape index (κ2) is 7.77. The summed E-state index contributed by atoms with van der Waals surface area (Å²) in [4.78, 5) is 17.6. The van der Waals surface area contributed by atoms with E-state index in [4.69, 9.17) is 11.6 Å². The Morgan fingerprint density at radius 1 is 1.03 bits per heavy atom. The van der Waals surface area contributed by atoms with Gasteiger partial charge in [-0.05, 0) is 87.5 Å². The molecule has 1 aliphatic heterocycles. The molecule has 2 N–H and O–H groups in total. The molecule has 2 unspecified atom stereocenters. The number of halogens is 1. The van der Waals surface area contributed by atoms with Gasteiger partial charge in [-0.2, -0.15) is 0 Å². The molecule has 1 aromatic rings. The van der Waals surface area contributed by atoms with Crippen LogP contribution in [0.15, 0.2) is 34.2 Å². The Labute approximate surface area is 189 Å². The largest absolute Gasteiger partial charge is 0.326 e. The molecule has 4 aliphatic carbocycles. The van der Waals surface area contributed by atoms with Gasteiger partial charge < -0.3 is 5.32 Å². The highest BCUT2D eigenvalue weighted by atomic mass is 35.5. The number of alkyl halides is 1. The lowest BCUT2D eigenvalue weighted by atomic mass is 9.49. The number of carbonyl (C=O) groups excluding carboxylic acids is 1. The average Bonchev–Trinajstić information content (AvgIpc) is 2.94. The third kappa shape index (κ3) is 4.23. The number of rotatable bonds is 4. The zero-order valence-electron chi connectivity index (χ0n) is 17.7. The molecule has 6 nitrogen and oxygen atoms in total. The Hall–Kier alpha value is -1.60. The highest BCUT2D eigenvalue weighted by Crippen LogP contribution is 2.64. The minimum atomic E-state index is -3.68. The van der Waals surface area contributed by atoms with Crippen LogP contribution in [0.5, 0.6) is 0 Å². The minimum Gasteiger partial charge on any atom is -0.326 e. The molecule has 168 valence electrons. The fraction of sp³-hybridized carbons (Fsp3) is 0.652. The Morgan fingerprint density at radius 3 is 2.42 bits per heavy atom. The lowest BCUT2D eigenvalue weighted by molar-refractivity contribution is -0.138. The van der Waals surface area contributed by atoms with Crippen molar-refractivity contribution < 1.29 is 13.2 Å². The van der Waals surface area contributed by atoms with E-state index >= 15 is 0 Å². The summed E-state index contributed by atoms with van der Waals surface area (Å²) in [5.74, 6) is 1.67. The number of nitrogens with one attached hydrogen (secondary N) is 2. The van der Waals surface area contributed by atoms with Gasteiger partial charge in [0, 0.05) is 23.5 Å². The Bertz CT molecular complexity index is 991. The van der Waals surface area contributed by atoms with E-state index in [0.717, 1.165) is 51.4 Å². The average molecular weight is 464 g/mol. The summed E-state index contributed by atoms with van der Waals surface area (Å²) >= 11 is 6.87. The zero-order valence-corrected chi connectivity index (χ0v) is 19.3. The van der Waals surface area contributed by atoms with Crippen LogP contribution < -0.4 is 10.0 Å². The Kier molecular flexibility index (Phi) is 5.32. The van der Waals surface area contributed by atoms with Gasteiger partial charge in [0.1, 0.15) is 5.84 Å². The SMILES string of the molecule is O=C(Nc1ccc(S(=O)(=O)NC2=NCCCCC2)cc1)C12C[C@@H]3C[C@@H](CC(Cl)(C3)C1)C2. The predicted molar refractivity (Wildman–Crippen MR) is 122 cm³/mol. The summed E-state index contributed by atoms with van der Waals surface area (Å²) < 4.78 is 28.1. The number of hydrogen-bond donors (Lipinski definition) is 2. The summed E-state index contributed by atoms with van der Waals surface area (Å²) in [6, 6.07) is 6.41. The molecule has 1 aromatic carbocycles. The van der Waals surface area contributed by atoms with Crippen molar-refractivity contribution in [2.45, 2.75) is 74.0 Å². The maximum atomic E-state index is 13.3. The van der Waals surface area contributed by atoms with Crippen LogP contribution in [0.1, 0.15) is 64.2 Å². The van der Waals surface area contributed by atoms with Gasteiger partial charge in [-0.15, -0.1) is 11.6 Å². The lowest BCUT2D eigenvalue weighted by Crippen LogP contribution is -2.57. The van der Waals surface area contributed by atoms with Gasteiger partial charge in [-0.3, -0.25) is 14.5 Å². The van der Waals surface area contributed by atoms with Crippen molar-refractivity contribution in [3.63, 3.8) is 0 Å². The fourth-order valence-electron chi connectivity index (χ4n) is 6.57. The number of carbonyl (C=O) groups is 1. The van der Waals surface area contributed by atoms with Gasteiger partial charge in [-0.25, -0.2) is 8.42 Å². The molecule has 4 atom stereocenters. The monoisotopic (exact) mass is 463 g/mol. The molecular weight excluding hydrogens is 434 g/mol. The molecular formula is C23H30ClN3O3S. The second-order valence-corrected chi connectivity index (χ2v) is 12.6. The first-order chi connectivity index (χ1) is 14.8. The van der Waals surface area contributed by atoms with Crippen LogP contribution in [0.25, 0.3) is 0 Å². The third-order valence-electron chi connectivity index (χ3n) is 7.52. The van der Waals surface area contributed by atoms with Crippen molar-refractivity contribution in [3.05, 3.63) is 24.3 Å². The molecule has 0 aromatic heterocycles. The number of sulfonamides is 1. The zero-order chi connectivity index (χ0) is 21.7. The van der Waals surface area contributed by atoms with Crippen LogP contribution in [0.3, 0.4) is 0 Å². The molecule has 4 fully saturated rings. The highest BCUT2D eigenvalue weighted by molar-refractivity contribution is 7.90. The third-order valence-corrected chi connectivity index (χ3v) is 9.36. The van der Waals surface area contributed by atoms with Crippen molar-refractivity contribution >= 4 is 39.1 Å². The van der Waals surface area contributed by atoms with Crippen molar-refractivity contribution in [1.82, 2.24) is 4.72 Å². The summed E-state index contributed by atoms with van der Waals surface area (Å²) in [6.45, 7) is 0.663. The topological polar surface area (TPSA) is 87.6 Å². The van der Waals surface area contributed by atoms with Gasteiger partial charge >= 0.3 is 0 Å². The fourth-order valence-corrected chi connectivity index (χ4v) is 8.35. The van der Waals surface area contributed by atoms with Crippen molar-refractivity contribution in [2.75, 3.05) is 11.9 Å². The van der Waals surface area contributed by atoms with Gasteiger partial charge in [-0.1, -0.05) is 6.42 Å². The van der Waals surface area contributed by atoms with Crippen LogP contribution >= 0.6 is 11.6 Å². The second-order valence-electron chi connectivity index (χ2n) is 10.1. The van der Waals surface area contributed by atoms with Gasteiger partial charge in [0.05, 0.1) is 10.3 Å². The van der Waals surface area contributed by atoms with Crippen LogP contribution in [0, 0.1) is 17.3 Å². The number of hydrogen-bond acceptors (Lipinski definition) is 4. The molecule has 5 aliphatic rings. The van der Waals surface area contributed by atoms with Crippen molar-refractivity contribution in [1.29, 1.82) is 0 Å². The van der Waals surface area contributed by atoms with E-state index in [1.165, 1.54) is 18.6 Å². The molecule has 1 heterocycles. The maximum absolute atomic E-state index is 13.3. The van der Waals surface area contributed by atoms with E-state index in [2.05, 4.69) is 15.0 Å². The van der Waals surface area contributed by atoms with E-state index in [1.54, 1.807) is 12.1 Å². The first-order valence-corrected chi connectivity index (χ1v) is 13.3. The molecule has 0 saturated heterocycles. The molecule has 1 amide bonds. The first-order valence-electron chi connectivity index (χ1n) is 11.4. The van der Waals surface area contributed by atoms with Crippen LogP contribution in [-0.2, 0) is 14.8 Å². The number of amidine groups is 1. The Morgan fingerprint density at radius 2 is 1.74 bits per heavy atom. The molecule has 0 spiro atoms. The van der Waals surface area contributed by atoms with E-state index in [0.29, 0.717) is 36.3 Å². The lowest BCUT2D eigenvalue weighted by Gasteiger charge is -2.59. The predicted octanol–water partition coefficient (Wildman–Crippen LogP) is 4.45. The minimum absolute atomic E-state index is 0.0353. The number of nitrogens with zero attached hydrogens (tertiary/aromatic N) is 1. The molecule has 4 bridgehead atoms. The van der Waals surface area contributed by atoms with Crippen LogP contribution in [-0.4, -0.2) is 31.6 Å². The molecule has 31 heavy (non-hydrogen) atoms. The summed E-state index contributed by atoms with van der Waals surface area (Å²) in [6.07, 6.45) is 9.51. The highest BCUT2D eigenvalue weighted by Gasteiger charge is 2.60. The summed E-state index contributed by atoms with van der Waals surface area (Å²) in [5, 5.41) is 3.05. The van der Waals surface area contributed by atoms with Crippen molar-refractivity contribution in [3.8, 4) is 0 Å². The quantitative estimate of drug-likeness (QED) is 0.646. The standard InChI is InChI=1S/C23H30ClN3O3S/c24-23-13-16-10-17(14-23)12-22(11-16,15-23)21(28)26-18-5-7-19(8-6-18)31(29,30)27-20-4-2-1-3-9-25-20/h5-8,16-17H,1-4,9-15H2,(H,25,27)(H,26,28)/t16-,17+,22?,23?. The van der Waals surface area contributed by atoms with Crippen molar-refractivity contribution in [2.24, 2.45) is 22.2 Å². The first kappa shape index (κ1) is 21.3. The summed E-state index contributed by atoms with van der Waals surface area (Å²) in [5.41, 5.74) is 0.241. The van der Waals surface area contributed by atoms with E-state index in [9.17, 15) is 13.2 Å². The van der Waals surface area contributed by atoms with E-state index in [1.807, 2.05) is 0 Å². The van der Waals surface area contributed by atoms with Gasteiger partial charge in [0.25, 0.3) is 10.0 Å². The number of aliphatic imine (C=N–C) groups is 1. The molecule has 8 heteroatoms. The molecule has 4 saturated carbocycles. The maximum Gasteiger partial charge on any atom is 0.262 e. The van der Waals surface area contributed by atoms with Crippen LogP contribution in [0.2, 0.25) is 0 Å². The van der Waals surface area contributed by atoms with E-state index < -0.39 is 10.0 Å². The normalized spacial score (nSPS) is 34.7. The van der Waals surface area contributed by atoms with Gasteiger partial charge in [0.15, 0.2) is 0 Å². The molecule has 6 rings (SSSR count). The Balaban J connectivity index is 1.27. The number of anilines is 1. The molecule has 0 radical (unpaired) electrons. The number of benzene rings is 1. The van der Waals surface area contributed by atoms with E-state index in [-0.39, 0.29) is 21.1 Å². The summed E-state index contributed by atoms with van der Waals surface area (Å²) in [7, 11) is -3.68. The smallest absolute Gasteiger partial charge is 0.262 e.